The molecule has 0 radical (unpaired) electrons. The highest BCUT2D eigenvalue weighted by Crippen LogP contribution is 2.34. The van der Waals surface area contributed by atoms with Crippen molar-refractivity contribution in [3.05, 3.63) is 39.8 Å². The minimum Gasteiger partial charge on any atom is -0.476 e. The second kappa shape index (κ2) is 5.98. The molecule has 8 heteroatoms. The number of hydrogen-bond donors (Lipinski definition) is 2. The van der Waals surface area contributed by atoms with Crippen molar-refractivity contribution in [2.45, 2.75) is 0 Å². The molecule has 0 spiro atoms. The van der Waals surface area contributed by atoms with Gasteiger partial charge in [-0.1, -0.05) is 23.2 Å². The van der Waals surface area contributed by atoms with E-state index in [2.05, 4.69) is 4.98 Å². The molecule has 116 valence electrons. The summed E-state index contributed by atoms with van der Waals surface area (Å²) < 4.78 is 14.2. The zero-order valence-corrected chi connectivity index (χ0v) is 13.2. The van der Waals surface area contributed by atoms with Crippen molar-refractivity contribution in [1.82, 2.24) is 4.98 Å². The van der Waals surface area contributed by atoms with Crippen LogP contribution in [0.15, 0.2) is 18.2 Å². The molecule has 0 aliphatic heterocycles. The van der Waals surface area contributed by atoms with Gasteiger partial charge in [0.15, 0.2) is 5.69 Å². The van der Waals surface area contributed by atoms with Crippen molar-refractivity contribution in [2.24, 2.45) is 0 Å². The van der Waals surface area contributed by atoms with Crippen LogP contribution >= 0.6 is 23.2 Å². The Morgan fingerprint density at radius 1 is 1.32 bits per heavy atom. The van der Waals surface area contributed by atoms with Gasteiger partial charge in [-0.05, 0) is 18.2 Å². The van der Waals surface area contributed by atoms with Gasteiger partial charge in [0, 0.05) is 19.7 Å². The van der Waals surface area contributed by atoms with E-state index in [9.17, 15) is 9.18 Å². The maximum Gasteiger partial charge on any atom is 0.356 e. The molecule has 1 aromatic carbocycles. The SMILES string of the molecule is CN(C)c1cc(-c2cc(N)c(Cl)c(C(=O)O)n2)c(F)cc1Cl. The molecule has 22 heavy (non-hydrogen) atoms. The van der Waals surface area contributed by atoms with Crippen LogP contribution in [0.1, 0.15) is 10.5 Å². The van der Waals surface area contributed by atoms with Crippen LogP contribution in [-0.4, -0.2) is 30.2 Å². The Balaban J connectivity index is 2.71. The molecule has 0 atom stereocenters. The van der Waals surface area contributed by atoms with Gasteiger partial charge in [-0.3, -0.25) is 0 Å². The molecule has 0 amide bonds. The first-order chi connectivity index (χ1) is 10.2. The molecule has 0 bridgehead atoms. The Morgan fingerprint density at radius 2 is 1.95 bits per heavy atom. The number of anilines is 2. The lowest BCUT2D eigenvalue weighted by atomic mass is 10.1. The third-order valence-corrected chi connectivity index (χ3v) is 3.68. The third kappa shape index (κ3) is 2.93. The van der Waals surface area contributed by atoms with Gasteiger partial charge >= 0.3 is 5.97 Å². The Labute approximate surface area is 136 Å². The van der Waals surface area contributed by atoms with E-state index in [0.29, 0.717) is 5.69 Å². The summed E-state index contributed by atoms with van der Waals surface area (Å²) in [6.45, 7) is 0. The topological polar surface area (TPSA) is 79.5 Å². The van der Waals surface area contributed by atoms with E-state index in [0.717, 1.165) is 6.07 Å². The predicted molar refractivity (Wildman–Crippen MR) is 85.3 cm³/mol. The monoisotopic (exact) mass is 343 g/mol. The lowest BCUT2D eigenvalue weighted by molar-refractivity contribution is 0.0691. The van der Waals surface area contributed by atoms with E-state index in [1.807, 2.05) is 0 Å². The van der Waals surface area contributed by atoms with Crippen LogP contribution in [0.3, 0.4) is 0 Å². The van der Waals surface area contributed by atoms with E-state index in [1.54, 1.807) is 19.0 Å². The molecule has 3 N–H and O–H groups in total. The summed E-state index contributed by atoms with van der Waals surface area (Å²) >= 11 is 11.8. The van der Waals surface area contributed by atoms with E-state index in [4.69, 9.17) is 34.0 Å². The number of halogens is 3. The average Bonchev–Trinajstić information content (AvgIpc) is 2.41. The van der Waals surface area contributed by atoms with Crippen molar-refractivity contribution in [3.63, 3.8) is 0 Å². The molecule has 0 unspecified atom stereocenters. The Bertz CT molecular complexity index is 766. The van der Waals surface area contributed by atoms with E-state index >= 15 is 0 Å². The molecule has 5 nitrogen and oxygen atoms in total. The number of carboxylic acids is 1. The first-order valence-corrected chi connectivity index (χ1v) is 6.84. The van der Waals surface area contributed by atoms with Crippen molar-refractivity contribution >= 4 is 40.5 Å². The number of nitrogens with zero attached hydrogens (tertiary/aromatic N) is 2. The number of hydrogen-bond acceptors (Lipinski definition) is 4. The number of carboxylic acid groups (broad SMARTS) is 1. The summed E-state index contributed by atoms with van der Waals surface area (Å²) in [5.41, 5.74) is 5.96. The number of pyridine rings is 1. The number of nitrogen functional groups attached to an aromatic ring is 1. The van der Waals surface area contributed by atoms with E-state index in [-0.39, 0.29) is 27.0 Å². The Morgan fingerprint density at radius 3 is 2.50 bits per heavy atom. The molecular formula is C14H12Cl2FN3O2. The summed E-state index contributed by atoms with van der Waals surface area (Å²) in [6.07, 6.45) is 0. The summed E-state index contributed by atoms with van der Waals surface area (Å²) in [4.78, 5) is 16.7. The normalized spacial score (nSPS) is 10.6. The summed E-state index contributed by atoms with van der Waals surface area (Å²) in [6, 6.07) is 3.93. The molecule has 0 aliphatic carbocycles. The molecule has 0 aliphatic rings. The highest BCUT2D eigenvalue weighted by atomic mass is 35.5. The minimum absolute atomic E-state index is 0.00446. The predicted octanol–water partition coefficient (Wildman–Crippen LogP) is 3.54. The molecular weight excluding hydrogens is 332 g/mol. The van der Waals surface area contributed by atoms with Gasteiger partial charge in [0.25, 0.3) is 0 Å². The number of aromatic carboxylic acids is 1. The number of carbonyl (C=O) groups is 1. The second-order valence-electron chi connectivity index (χ2n) is 4.74. The summed E-state index contributed by atoms with van der Waals surface area (Å²) in [5.74, 6) is -1.98. The van der Waals surface area contributed by atoms with Crippen LogP contribution in [0.2, 0.25) is 10.0 Å². The molecule has 0 fully saturated rings. The van der Waals surface area contributed by atoms with Gasteiger partial charge in [0.05, 0.1) is 27.1 Å². The number of benzene rings is 1. The third-order valence-electron chi connectivity index (χ3n) is 2.98. The second-order valence-corrected chi connectivity index (χ2v) is 5.53. The Kier molecular flexibility index (Phi) is 4.44. The largest absolute Gasteiger partial charge is 0.476 e. The zero-order chi connectivity index (χ0) is 16.6. The Hall–Kier alpha value is -2.05. The van der Waals surface area contributed by atoms with Crippen molar-refractivity contribution in [3.8, 4) is 11.3 Å². The molecule has 1 heterocycles. The van der Waals surface area contributed by atoms with Gasteiger partial charge in [0.1, 0.15) is 5.82 Å². The van der Waals surface area contributed by atoms with Gasteiger partial charge in [-0.2, -0.15) is 0 Å². The molecule has 1 aromatic heterocycles. The smallest absolute Gasteiger partial charge is 0.356 e. The summed E-state index contributed by atoms with van der Waals surface area (Å²) in [5, 5.41) is 9.14. The maximum atomic E-state index is 14.2. The highest BCUT2D eigenvalue weighted by Gasteiger charge is 2.19. The standard InChI is InChI=1S/C14H12Cl2FN3O2/c1-20(2)11-3-6(8(17)4-7(11)15)10-5-9(18)12(16)13(19-10)14(21)22/h3-5H,1-2H3,(H2,18,19)(H,21,22). The van der Waals surface area contributed by atoms with Gasteiger partial charge < -0.3 is 15.7 Å². The van der Waals surface area contributed by atoms with E-state index < -0.39 is 17.5 Å². The number of nitrogens with two attached hydrogens (primary N) is 1. The van der Waals surface area contributed by atoms with Crippen LogP contribution in [0.25, 0.3) is 11.3 Å². The molecule has 0 saturated carbocycles. The van der Waals surface area contributed by atoms with Gasteiger partial charge in [0.2, 0.25) is 0 Å². The molecule has 2 aromatic rings. The van der Waals surface area contributed by atoms with Gasteiger partial charge in [-0.15, -0.1) is 0 Å². The summed E-state index contributed by atoms with van der Waals surface area (Å²) in [7, 11) is 3.49. The molecule has 2 rings (SSSR count). The maximum absolute atomic E-state index is 14.2. The number of aromatic nitrogens is 1. The van der Waals surface area contributed by atoms with Crippen molar-refractivity contribution in [1.29, 1.82) is 0 Å². The van der Waals surface area contributed by atoms with Crippen LogP contribution in [0.5, 0.6) is 0 Å². The van der Waals surface area contributed by atoms with Crippen LogP contribution < -0.4 is 10.6 Å². The van der Waals surface area contributed by atoms with E-state index in [1.165, 1.54) is 12.1 Å². The quantitative estimate of drug-likeness (QED) is 0.890. The van der Waals surface area contributed by atoms with Crippen LogP contribution in [-0.2, 0) is 0 Å². The first-order valence-electron chi connectivity index (χ1n) is 6.08. The van der Waals surface area contributed by atoms with Crippen molar-refractivity contribution < 1.29 is 14.3 Å². The number of rotatable bonds is 3. The van der Waals surface area contributed by atoms with Crippen LogP contribution in [0.4, 0.5) is 15.8 Å². The first kappa shape index (κ1) is 16.3. The lowest BCUT2D eigenvalue weighted by Gasteiger charge is -2.16. The lowest BCUT2D eigenvalue weighted by Crippen LogP contribution is -2.10. The molecule has 0 saturated heterocycles. The fourth-order valence-corrected chi connectivity index (χ4v) is 2.40. The van der Waals surface area contributed by atoms with Crippen LogP contribution in [0, 0.1) is 5.82 Å². The zero-order valence-electron chi connectivity index (χ0n) is 11.7. The average molecular weight is 344 g/mol. The fraction of sp³-hybridized carbons (Fsp3) is 0.143. The fourth-order valence-electron chi connectivity index (χ4n) is 1.91. The van der Waals surface area contributed by atoms with Gasteiger partial charge in [-0.25, -0.2) is 14.2 Å². The minimum atomic E-state index is -1.35. The van der Waals surface area contributed by atoms with Crippen molar-refractivity contribution in [2.75, 3.05) is 24.7 Å². The highest BCUT2D eigenvalue weighted by molar-refractivity contribution is 6.35.